The zero-order valence-electron chi connectivity index (χ0n) is 21.0. The zero-order valence-corrected chi connectivity index (χ0v) is 21.0. The monoisotopic (exact) mass is 481 g/mol. The lowest BCUT2D eigenvalue weighted by Gasteiger charge is -2.30. The number of benzene rings is 2. The summed E-state index contributed by atoms with van der Waals surface area (Å²) in [4.78, 5) is 17.3. The number of carbonyl (C=O) groups is 1. The van der Waals surface area contributed by atoms with Crippen LogP contribution >= 0.6 is 0 Å². The molecule has 1 aliphatic carbocycles. The molecule has 0 saturated heterocycles. The first-order valence-electron chi connectivity index (χ1n) is 13.1. The Hall–Kier alpha value is -3.60. The molecule has 4 aromatic rings. The smallest absolute Gasteiger partial charge is 0.220 e. The van der Waals surface area contributed by atoms with E-state index in [1.807, 2.05) is 24.3 Å². The topological polar surface area (TPSA) is 56.1 Å². The number of ether oxygens (including phenoxy) is 1. The molecule has 1 N–H and O–H groups in total. The molecule has 0 radical (unpaired) electrons. The number of para-hydroxylation sites is 1. The number of pyridine rings is 1. The summed E-state index contributed by atoms with van der Waals surface area (Å²) in [6.45, 7) is 1.33. The molecule has 1 aliphatic rings. The summed E-state index contributed by atoms with van der Waals surface area (Å²) in [5.74, 6) is 1.73. The highest BCUT2D eigenvalue weighted by Gasteiger charge is 2.29. The molecule has 1 fully saturated rings. The van der Waals surface area contributed by atoms with Gasteiger partial charge in [0.05, 0.1) is 7.11 Å². The Morgan fingerprint density at radius 3 is 2.50 bits per heavy atom. The molecule has 1 amide bonds. The van der Waals surface area contributed by atoms with Gasteiger partial charge in [-0.15, -0.1) is 0 Å². The minimum atomic E-state index is 0.120. The van der Waals surface area contributed by atoms with Crippen molar-refractivity contribution in [1.29, 1.82) is 0 Å². The Kier molecular flexibility index (Phi) is 7.65. The third-order valence-corrected chi connectivity index (χ3v) is 7.59. The molecule has 36 heavy (non-hydrogen) atoms. The lowest BCUT2D eigenvalue weighted by atomic mass is 9.75. The van der Waals surface area contributed by atoms with E-state index in [2.05, 4.69) is 57.5 Å². The number of nitrogens with zero attached hydrogens (tertiary/aromatic N) is 2. The van der Waals surface area contributed by atoms with Crippen molar-refractivity contribution < 1.29 is 9.53 Å². The Bertz CT molecular complexity index is 1270. The van der Waals surface area contributed by atoms with Crippen LogP contribution in [0.3, 0.4) is 0 Å². The van der Waals surface area contributed by atoms with Gasteiger partial charge < -0.3 is 14.6 Å². The van der Waals surface area contributed by atoms with Crippen molar-refractivity contribution in [2.45, 2.75) is 57.5 Å². The third-order valence-electron chi connectivity index (χ3n) is 7.59. The molecule has 5 rings (SSSR count). The van der Waals surface area contributed by atoms with Crippen molar-refractivity contribution in [3.05, 3.63) is 95.9 Å². The van der Waals surface area contributed by atoms with Gasteiger partial charge in [-0.1, -0.05) is 49.6 Å². The van der Waals surface area contributed by atoms with Crippen molar-refractivity contribution in [2.75, 3.05) is 7.11 Å². The summed E-state index contributed by atoms with van der Waals surface area (Å²) in [5, 5.41) is 4.43. The van der Waals surface area contributed by atoms with Crippen LogP contribution in [-0.4, -0.2) is 22.6 Å². The highest BCUT2D eigenvalue weighted by atomic mass is 16.5. The zero-order chi connectivity index (χ0) is 24.7. The van der Waals surface area contributed by atoms with E-state index in [-0.39, 0.29) is 11.8 Å². The summed E-state index contributed by atoms with van der Waals surface area (Å²) in [6, 6.07) is 20.8. The Balaban J connectivity index is 1.42. The van der Waals surface area contributed by atoms with Gasteiger partial charge in [0.2, 0.25) is 5.91 Å². The minimum absolute atomic E-state index is 0.120. The van der Waals surface area contributed by atoms with Crippen LogP contribution in [-0.2, 0) is 17.9 Å². The number of carbonyl (C=O) groups excluding carboxylic acids is 1. The molecule has 0 bridgehead atoms. The van der Waals surface area contributed by atoms with Crippen LogP contribution < -0.4 is 10.1 Å². The van der Waals surface area contributed by atoms with E-state index in [1.165, 1.54) is 54.1 Å². The van der Waals surface area contributed by atoms with Gasteiger partial charge in [0.15, 0.2) is 0 Å². The van der Waals surface area contributed by atoms with Gasteiger partial charge in [0.1, 0.15) is 5.75 Å². The third kappa shape index (κ3) is 5.62. The predicted octanol–water partition coefficient (Wildman–Crippen LogP) is 6.46. The largest absolute Gasteiger partial charge is 0.497 e. The molecule has 0 spiro atoms. The molecule has 5 nitrogen and oxygen atoms in total. The molecular weight excluding hydrogens is 446 g/mol. The second-order valence-electron chi connectivity index (χ2n) is 9.92. The second-order valence-corrected chi connectivity index (χ2v) is 9.92. The highest BCUT2D eigenvalue weighted by molar-refractivity contribution is 5.86. The fourth-order valence-electron chi connectivity index (χ4n) is 5.67. The second kappa shape index (κ2) is 11.4. The van der Waals surface area contributed by atoms with Gasteiger partial charge >= 0.3 is 0 Å². The first-order chi connectivity index (χ1) is 17.7. The van der Waals surface area contributed by atoms with Crippen LogP contribution in [0.15, 0.2) is 79.3 Å². The van der Waals surface area contributed by atoms with E-state index >= 15 is 0 Å². The van der Waals surface area contributed by atoms with Crippen molar-refractivity contribution >= 4 is 16.8 Å². The number of methoxy groups -OCH3 is 1. The van der Waals surface area contributed by atoms with E-state index in [0.717, 1.165) is 17.9 Å². The average Bonchev–Trinajstić information content (AvgIpc) is 3.30. The van der Waals surface area contributed by atoms with Crippen molar-refractivity contribution in [3.8, 4) is 5.75 Å². The number of hydrogen-bond donors (Lipinski definition) is 1. The van der Waals surface area contributed by atoms with Crippen molar-refractivity contribution in [3.63, 3.8) is 0 Å². The molecule has 1 saturated carbocycles. The van der Waals surface area contributed by atoms with Gasteiger partial charge in [-0.05, 0) is 71.7 Å². The quantitative estimate of drug-likeness (QED) is 0.298. The van der Waals surface area contributed by atoms with Crippen LogP contribution in [0.5, 0.6) is 5.75 Å². The molecule has 0 aliphatic heterocycles. The van der Waals surface area contributed by atoms with E-state index in [1.54, 1.807) is 19.5 Å². The Morgan fingerprint density at radius 1 is 1.00 bits per heavy atom. The number of amides is 1. The first kappa shape index (κ1) is 24.1. The summed E-state index contributed by atoms with van der Waals surface area (Å²) in [6.07, 6.45) is 12.6. The van der Waals surface area contributed by atoms with Gasteiger partial charge in [0, 0.05) is 49.0 Å². The maximum Gasteiger partial charge on any atom is 0.220 e. The van der Waals surface area contributed by atoms with Crippen LogP contribution in [0.25, 0.3) is 10.9 Å². The molecule has 186 valence electrons. The molecule has 1 atom stereocenters. The summed E-state index contributed by atoms with van der Waals surface area (Å²) >= 11 is 0. The lowest BCUT2D eigenvalue weighted by molar-refractivity contribution is -0.122. The summed E-state index contributed by atoms with van der Waals surface area (Å²) in [5.41, 5.74) is 4.84. The molecule has 2 aromatic heterocycles. The molecule has 2 heterocycles. The van der Waals surface area contributed by atoms with E-state index in [9.17, 15) is 4.79 Å². The maximum absolute atomic E-state index is 13.2. The maximum atomic E-state index is 13.2. The van der Waals surface area contributed by atoms with Crippen LogP contribution in [0.1, 0.15) is 61.1 Å². The SMILES string of the molecule is COc1ccc(Cn2cc(C(CC(=O)NCc3ccncc3)C3CCCCC3)c3ccccc32)cc1. The van der Waals surface area contributed by atoms with E-state index < -0.39 is 0 Å². The standard InChI is InChI=1S/C31H35N3O2/c1-36-26-13-11-24(12-14-26)21-34-22-29(27-9-5-6-10-30(27)34)28(25-7-3-2-4-8-25)19-31(35)33-20-23-15-17-32-18-16-23/h5-6,9-18,22,25,28H,2-4,7-8,19-21H2,1H3,(H,33,35). The summed E-state index contributed by atoms with van der Waals surface area (Å²) < 4.78 is 7.67. The summed E-state index contributed by atoms with van der Waals surface area (Å²) in [7, 11) is 1.69. The van der Waals surface area contributed by atoms with Crippen LogP contribution in [0.4, 0.5) is 0 Å². The van der Waals surface area contributed by atoms with E-state index in [0.29, 0.717) is 18.9 Å². The van der Waals surface area contributed by atoms with Crippen LogP contribution in [0.2, 0.25) is 0 Å². The number of aromatic nitrogens is 2. The molecule has 2 aromatic carbocycles. The number of nitrogens with one attached hydrogen (secondary N) is 1. The van der Waals surface area contributed by atoms with Gasteiger partial charge in [-0.2, -0.15) is 0 Å². The van der Waals surface area contributed by atoms with Gasteiger partial charge in [-0.25, -0.2) is 0 Å². The Morgan fingerprint density at radius 2 is 1.75 bits per heavy atom. The molecular formula is C31H35N3O2. The molecule has 5 heteroatoms. The van der Waals surface area contributed by atoms with Crippen molar-refractivity contribution in [2.24, 2.45) is 5.92 Å². The number of rotatable bonds is 9. The predicted molar refractivity (Wildman–Crippen MR) is 144 cm³/mol. The molecule has 1 unspecified atom stereocenters. The lowest BCUT2D eigenvalue weighted by Crippen LogP contribution is -2.27. The van der Waals surface area contributed by atoms with Gasteiger partial charge in [0.25, 0.3) is 0 Å². The Labute approximate surface area is 213 Å². The first-order valence-corrected chi connectivity index (χ1v) is 13.1. The van der Waals surface area contributed by atoms with Crippen molar-refractivity contribution in [1.82, 2.24) is 14.9 Å². The fourth-order valence-corrected chi connectivity index (χ4v) is 5.67. The minimum Gasteiger partial charge on any atom is -0.497 e. The van der Waals surface area contributed by atoms with Gasteiger partial charge in [-0.3, -0.25) is 9.78 Å². The highest BCUT2D eigenvalue weighted by Crippen LogP contribution is 2.41. The fraction of sp³-hybridized carbons (Fsp3) is 0.355. The van der Waals surface area contributed by atoms with Crippen LogP contribution in [0, 0.1) is 5.92 Å². The van der Waals surface area contributed by atoms with E-state index in [4.69, 9.17) is 4.74 Å². The average molecular weight is 482 g/mol. The normalized spacial score (nSPS) is 15.0. The number of hydrogen-bond acceptors (Lipinski definition) is 3. The number of fused-ring (bicyclic) bond motifs is 1.